The standard InChI is InChI=1S/C15H17NO2/c1-12-9-11-16(14(12)15(17)18)10-5-8-13-6-3-2-4-7-13/h2-4,6-7,9,11H,5,8,10H2,1H3,(H,17,18). The predicted octanol–water partition coefficient (Wildman–Crippen LogP) is 3.13. The van der Waals surface area contributed by atoms with Gasteiger partial charge in [-0.15, -0.1) is 0 Å². The third-order valence-corrected chi connectivity index (χ3v) is 3.08. The summed E-state index contributed by atoms with van der Waals surface area (Å²) < 4.78 is 1.82. The van der Waals surface area contributed by atoms with Crippen molar-refractivity contribution >= 4 is 5.97 Å². The predicted molar refractivity (Wildman–Crippen MR) is 70.9 cm³/mol. The van der Waals surface area contributed by atoms with Crippen molar-refractivity contribution in [3.05, 3.63) is 59.4 Å². The zero-order valence-corrected chi connectivity index (χ0v) is 10.5. The first kappa shape index (κ1) is 12.4. The van der Waals surface area contributed by atoms with E-state index in [0.717, 1.165) is 24.9 Å². The van der Waals surface area contributed by atoms with Crippen LogP contribution in [-0.4, -0.2) is 15.6 Å². The molecule has 1 N–H and O–H groups in total. The van der Waals surface area contributed by atoms with Crippen LogP contribution in [0.25, 0.3) is 0 Å². The minimum atomic E-state index is -0.850. The van der Waals surface area contributed by atoms with Gasteiger partial charge in [0.2, 0.25) is 0 Å². The number of benzene rings is 1. The molecule has 0 saturated carbocycles. The number of rotatable bonds is 5. The molecule has 0 aliphatic carbocycles. The third kappa shape index (κ3) is 2.80. The molecule has 0 bridgehead atoms. The summed E-state index contributed by atoms with van der Waals surface area (Å²) in [5.41, 5.74) is 2.52. The van der Waals surface area contributed by atoms with Gasteiger partial charge in [-0.3, -0.25) is 0 Å². The largest absolute Gasteiger partial charge is 0.477 e. The van der Waals surface area contributed by atoms with E-state index >= 15 is 0 Å². The molecule has 3 heteroatoms. The van der Waals surface area contributed by atoms with Crippen LogP contribution in [0.3, 0.4) is 0 Å². The second-order valence-electron chi connectivity index (χ2n) is 4.44. The maximum absolute atomic E-state index is 11.1. The summed E-state index contributed by atoms with van der Waals surface area (Å²) >= 11 is 0. The molecule has 94 valence electrons. The maximum Gasteiger partial charge on any atom is 0.352 e. The Morgan fingerprint density at radius 3 is 2.61 bits per heavy atom. The molecule has 1 aromatic carbocycles. The summed E-state index contributed by atoms with van der Waals surface area (Å²) in [4.78, 5) is 11.1. The van der Waals surface area contributed by atoms with Crippen molar-refractivity contribution in [3.8, 4) is 0 Å². The highest BCUT2D eigenvalue weighted by molar-refractivity contribution is 5.87. The van der Waals surface area contributed by atoms with Crippen LogP contribution >= 0.6 is 0 Å². The molecule has 0 saturated heterocycles. The first-order valence-corrected chi connectivity index (χ1v) is 6.11. The zero-order chi connectivity index (χ0) is 13.0. The highest BCUT2D eigenvalue weighted by atomic mass is 16.4. The van der Waals surface area contributed by atoms with Gasteiger partial charge in [-0.05, 0) is 37.0 Å². The van der Waals surface area contributed by atoms with Gasteiger partial charge in [0.25, 0.3) is 0 Å². The van der Waals surface area contributed by atoms with Gasteiger partial charge >= 0.3 is 5.97 Å². The quantitative estimate of drug-likeness (QED) is 0.876. The van der Waals surface area contributed by atoms with E-state index < -0.39 is 5.97 Å². The highest BCUT2D eigenvalue weighted by Crippen LogP contribution is 2.12. The average molecular weight is 243 g/mol. The van der Waals surface area contributed by atoms with Crippen molar-refractivity contribution in [2.24, 2.45) is 0 Å². The van der Waals surface area contributed by atoms with E-state index in [1.54, 1.807) is 0 Å². The van der Waals surface area contributed by atoms with Crippen LogP contribution in [0.15, 0.2) is 42.6 Å². The summed E-state index contributed by atoms with van der Waals surface area (Å²) in [6.07, 6.45) is 3.76. The molecule has 2 aromatic rings. The Hall–Kier alpha value is -2.03. The number of aromatic nitrogens is 1. The molecule has 0 aliphatic heterocycles. The molecule has 0 atom stereocenters. The first-order valence-electron chi connectivity index (χ1n) is 6.11. The van der Waals surface area contributed by atoms with E-state index in [4.69, 9.17) is 5.11 Å². The molecule has 1 heterocycles. The third-order valence-electron chi connectivity index (χ3n) is 3.08. The molecule has 3 nitrogen and oxygen atoms in total. The molecule has 0 spiro atoms. The molecule has 0 amide bonds. The summed E-state index contributed by atoms with van der Waals surface area (Å²) in [6.45, 7) is 2.57. The smallest absolute Gasteiger partial charge is 0.352 e. The topological polar surface area (TPSA) is 42.2 Å². The van der Waals surface area contributed by atoms with Gasteiger partial charge in [-0.25, -0.2) is 4.79 Å². The first-order chi connectivity index (χ1) is 8.68. The minimum absolute atomic E-state index is 0.406. The van der Waals surface area contributed by atoms with Crippen molar-refractivity contribution < 1.29 is 9.90 Å². The molecule has 1 aromatic heterocycles. The van der Waals surface area contributed by atoms with Crippen LogP contribution < -0.4 is 0 Å². The van der Waals surface area contributed by atoms with Gasteiger partial charge in [-0.2, -0.15) is 0 Å². The fourth-order valence-electron chi connectivity index (χ4n) is 2.16. The number of carboxylic acids is 1. The Morgan fingerprint density at radius 1 is 1.22 bits per heavy atom. The number of hydrogen-bond acceptors (Lipinski definition) is 1. The summed E-state index contributed by atoms with van der Waals surface area (Å²) in [5.74, 6) is -0.850. The van der Waals surface area contributed by atoms with Gasteiger partial charge in [0.05, 0.1) is 0 Å². The number of carboxylic acid groups (broad SMARTS) is 1. The van der Waals surface area contributed by atoms with E-state index in [2.05, 4.69) is 12.1 Å². The van der Waals surface area contributed by atoms with Crippen molar-refractivity contribution in [2.45, 2.75) is 26.3 Å². The number of hydrogen-bond donors (Lipinski definition) is 1. The second-order valence-corrected chi connectivity index (χ2v) is 4.44. The summed E-state index contributed by atoms with van der Waals surface area (Å²) in [7, 11) is 0. The van der Waals surface area contributed by atoms with Crippen molar-refractivity contribution in [1.82, 2.24) is 4.57 Å². The summed E-state index contributed by atoms with van der Waals surface area (Å²) in [5, 5.41) is 9.13. The monoisotopic (exact) mass is 243 g/mol. The van der Waals surface area contributed by atoms with E-state index in [1.165, 1.54) is 5.56 Å². The Morgan fingerprint density at radius 2 is 1.94 bits per heavy atom. The number of carbonyl (C=O) groups is 1. The van der Waals surface area contributed by atoms with Crippen LogP contribution in [0, 0.1) is 6.92 Å². The van der Waals surface area contributed by atoms with Gasteiger partial charge in [-0.1, -0.05) is 30.3 Å². The van der Waals surface area contributed by atoms with Crippen molar-refractivity contribution in [3.63, 3.8) is 0 Å². The molecule has 0 fully saturated rings. The van der Waals surface area contributed by atoms with Gasteiger partial charge in [0.15, 0.2) is 0 Å². The van der Waals surface area contributed by atoms with E-state index in [1.807, 2.05) is 42.0 Å². The van der Waals surface area contributed by atoms with Crippen molar-refractivity contribution in [2.75, 3.05) is 0 Å². The second kappa shape index (κ2) is 5.54. The molecular weight excluding hydrogens is 226 g/mol. The van der Waals surface area contributed by atoms with E-state index in [0.29, 0.717) is 5.69 Å². The molecule has 0 aliphatic rings. The van der Waals surface area contributed by atoms with E-state index in [-0.39, 0.29) is 0 Å². The number of aromatic carboxylic acids is 1. The van der Waals surface area contributed by atoms with Gasteiger partial charge < -0.3 is 9.67 Å². The minimum Gasteiger partial charge on any atom is -0.477 e. The molecular formula is C15H17NO2. The van der Waals surface area contributed by atoms with Gasteiger partial charge in [0, 0.05) is 12.7 Å². The Labute approximate surface area is 107 Å². The normalized spacial score (nSPS) is 10.5. The lowest BCUT2D eigenvalue weighted by Crippen LogP contribution is -2.09. The van der Waals surface area contributed by atoms with Crippen LogP contribution in [0.1, 0.15) is 28.0 Å². The van der Waals surface area contributed by atoms with Crippen LogP contribution in [0.2, 0.25) is 0 Å². The lowest BCUT2D eigenvalue weighted by atomic mass is 10.1. The van der Waals surface area contributed by atoms with Crippen LogP contribution in [0.4, 0.5) is 0 Å². The molecule has 18 heavy (non-hydrogen) atoms. The van der Waals surface area contributed by atoms with Crippen molar-refractivity contribution in [1.29, 1.82) is 0 Å². The van der Waals surface area contributed by atoms with Crippen LogP contribution in [-0.2, 0) is 13.0 Å². The molecule has 0 radical (unpaired) electrons. The molecule has 2 rings (SSSR count). The zero-order valence-electron chi connectivity index (χ0n) is 10.5. The number of nitrogens with zero attached hydrogens (tertiary/aromatic N) is 1. The van der Waals surface area contributed by atoms with Gasteiger partial charge in [0.1, 0.15) is 5.69 Å². The highest BCUT2D eigenvalue weighted by Gasteiger charge is 2.12. The number of aryl methyl sites for hydroxylation is 3. The van der Waals surface area contributed by atoms with Crippen LogP contribution in [0.5, 0.6) is 0 Å². The Balaban J connectivity index is 1.97. The fourth-order valence-corrected chi connectivity index (χ4v) is 2.16. The fraction of sp³-hybridized carbons (Fsp3) is 0.267. The average Bonchev–Trinajstić information content (AvgIpc) is 2.72. The Bertz CT molecular complexity index is 529. The Kier molecular flexibility index (Phi) is 3.82. The van der Waals surface area contributed by atoms with E-state index in [9.17, 15) is 4.79 Å². The molecule has 0 unspecified atom stereocenters. The summed E-state index contributed by atoms with van der Waals surface area (Å²) in [6, 6.07) is 12.1. The lowest BCUT2D eigenvalue weighted by Gasteiger charge is -2.07. The maximum atomic E-state index is 11.1. The lowest BCUT2D eigenvalue weighted by molar-refractivity contribution is 0.0684. The SMILES string of the molecule is Cc1ccn(CCCc2ccccc2)c1C(=O)O.